The average molecular weight is 244 g/mol. The molecule has 0 N–H and O–H groups in total. The van der Waals surface area contributed by atoms with Crippen LogP contribution in [0.1, 0.15) is 0 Å². The molecule has 0 saturated carbocycles. The molecule has 0 saturated heterocycles. The molecule has 2 aromatic rings. The Labute approximate surface area is 102 Å². The number of halogens is 1. The molecule has 0 aliphatic heterocycles. The highest BCUT2D eigenvalue weighted by molar-refractivity contribution is 5.31. The van der Waals surface area contributed by atoms with E-state index in [0.717, 1.165) is 9.13 Å². The Morgan fingerprint density at radius 1 is 1.22 bits per heavy atom. The van der Waals surface area contributed by atoms with Gasteiger partial charge in [0.2, 0.25) is 0 Å². The van der Waals surface area contributed by atoms with Crippen molar-refractivity contribution < 1.29 is 4.39 Å². The van der Waals surface area contributed by atoms with Crippen LogP contribution in [-0.4, -0.2) is 9.13 Å². The van der Waals surface area contributed by atoms with E-state index in [1.165, 1.54) is 36.7 Å². The Balaban J connectivity index is 2.62. The van der Waals surface area contributed by atoms with Crippen LogP contribution in [0.15, 0.2) is 46.2 Å². The number of benzene rings is 1. The van der Waals surface area contributed by atoms with Crippen LogP contribution in [0.25, 0.3) is 5.69 Å². The molecule has 0 unspecified atom stereocenters. The lowest BCUT2D eigenvalue weighted by Crippen LogP contribution is -2.39. The van der Waals surface area contributed by atoms with Gasteiger partial charge in [-0.15, -0.1) is 6.42 Å². The third-order valence-electron chi connectivity index (χ3n) is 2.41. The van der Waals surface area contributed by atoms with Gasteiger partial charge in [0.05, 0.1) is 12.2 Å². The summed E-state index contributed by atoms with van der Waals surface area (Å²) >= 11 is 0. The van der Waals surface area contributed by atoms with E-state index < -0.39 is 16.9 Å². The molecule has 0 radical (unpaired) electrons. The molecule has 0 aliphatic carbocycles. The van der Waals surface area contributed by atoms with Crippen LogP contribution in [0.3, 0.4) is 0 Å². The first-order valence-corrected chi connectivity index (χ1v) is 5.15. The first kappa shape index (κ1) is 11.9. The summed E-state index contributed by atoms with van der Waals surface area (Å²) in [5.41, 5.74) is -1.21. The summed E-state index contributed by atoms with van der Waals surface area (Å²) in [6, 6.07) is 5.43. The van der Waals surface area contributed by atoms with Crippen LogP contribution in [0.2, 0.25) is 0 Å². The fraction of sp³-hybridized carbons (Fsp3) is 0.0769. The van der Waals surface area contributed by atoms with Crippen molar-refractivity contribution >= 4 is 0 Å². The van der Waals surface area contributed by atoms with Crippen molar-refractivity contribution in [3.63, 3.8) is 0 Å². The summed E-state index contributed by atoms with van der Waals surface area (Å²) in [6.45, 7) is 0.0259. The monoisotopic (exact) mass is 244 g/mol. The van der Waals surface area contributed by atoms with Gasteiger partial charge < -0.3 is 0 Å². The second kappa shape index (κ2) is 4.72. The minimum absolute atomic E-state index is 0.0259. The number of hydrogen-bond acceptors (Lipinski definition) is 2. The van der Waals surface area contributed by atoms with Crippen LogP contribution in [-0.2, 0) is 6.54 Å². The number of nitrogens with zero attached hydrogens (tertiary/aromatic N) is 2. The average Bonchev–Trinajstić information content (AvgIpc) is 2.35. The van der Waals surface area contributed by atoms with E-state index in [2.05, 4.69) is 5.92 Å². The zero-order chi connectivity index (χ0) is 13.1. The molecule has 2 rings (SSSR count). The molecule has 0 fully saturated rings. The van der Waals surface area contributed by atoms with Gasteiger partial charge in [0.15, 0.2) is 0 Å². The maximum absolute atomic E-state index is 13.1. The highest BCUT2D eigenvalue weighted by Crippen LogP contribution is 2.06. The van der Waals surface area contributed by atoms with E-state index in [9.17, 15) is 14.0 Å². The molecule has 0 amide bonds. The molecule has 90 valence electrons. The fourth-order valence-electron chi connectivity index (χ4n) is 1.56. The molecule has 1 aromatic heterocycles. The van der Waals surface area contributed by atoms with Crippen molar-refractivity contribution in [3.05, 3.63) is 63.2 Å². The molecule has 4 nitrogen and oxygen atoms in total. The molecule has 0 atom stereocenters. The molecule has 0 bridgehead atoms. The molecular formula is C13H9FN2O2. The van der Waals surface area contributed by atoms with E-state index in [0.29, 0.717) is 5.69 Å². The normalized spacial score (nSPS) is 10.0. The zero-order valence-corrected chi connectivity index (χ0v) is 9.34. The maximum Gasteiger partial charge on any atom is 0.321 e. The molecule has 0 spiro atoms. The van der Waals surface area contributed by atoms with E-state index >= 15 is 0 Å². The van der Waals surface area contributed by atoms with Crippen molar-refractivity contribution in [2.24, 2.45) is 0 Å². The van der Waals surface area contributed by atoms with Crippen molar-refractivity contribution in [3.8, 4) is 18.0 Å². The summed E-state index contributed by atoms with van der Waals surface area (Å²) in [5, 5.41) is 0. The standard InChI is InChI=1S/C13H9FN2O2/c1-2-6-15-7-8-16(13(18)12(15)17)11-5-3-4-10(14)9-11/h1,3-5,7-9H,6H2. The van der Waals surface area contributed by atoms with E-state index in [4.69, 9.17) is 6.42 Å². The summed E-state index contributed by atoms with van der Waals surface area (Å²) in [6.07, 6.45) is 7.86. The Morgan fingerprint density at radius 2 is 2.00 bits per heavy atom. The Hall–Kier alpha value is -2.61. The van der Waals surface area contributed by atoms with Crippen molar-refractivity contribution in [1.29, 1.82) is 0 Å². The second-order valence-corrected chi connectivity index (χ2v) is 3.59. The van der Waals surface area contributed by atoms with Crippen LogP contribution >= 0.6 is 0 Å². The Morgan fingerprint density at radius 3 is 2.67 bits per heavy atom. The van der Waals surface area contributed by atoms with Gasteiger partial charge >= 0.3 is 11.1 Å². The third-order valence-corrected chi connectivity index (χ3v) is 2.41. The van der Waals surface area contributed by atoms with Gasteiger partial charge in [-0.05, 0) is 18.2 Å². The predicted molar refractivity (Wildman–Crippen MR) is 65.1 cm³/mol. The van der Waals surface area contributed by atoms with E-state index in [-0.39, 0.29) is 6.54 Å². The highest BCUT2D eigenvalue weighted by Gasteiger charge is 2.06. The number of rotatable bonds is 2. The topological polar surface area (TPSA) is 44.0 Å². The largest absolute Gasteiger partial charge is 0.321 e. The molecule has 18 heavy (non-hydrogen) atoms. The summed E-state index contributed by atoms with van der Waals surface area (Å²) in [7, 11) is 0. The molecule has 0 aliphatic rings. The smallest absolute Gasteiger partial charge is 0.298 e. The van der Waals surface area contributed by atoms with Gasteiger partial charge in [-0.1, -0.05) is 12.0 Å². The third kappa shape index (κ3) is 2.09. The number of aromatic nitrogens is 2. The second-order valence-electron chi connectivity index (χ2n) is 3.59. The quantitative estimate of drug-likeness (QED) is 0.578. The van der Waals surface area contributed by atoms with Gasteiger partial charge in [-0.25, -0.2) is 4.39 Å². The Bertz CT molecular complexity index is 738. The minimum Gasteiger partial charge on any atom is -0.298 e. The lowest BCUT2D eigenvalue weighted by atomic mass is 10.3. The van der Waals surface area contributed by atoms with Gasteiger partial charge in [0, 0.05) is 12.4 Å². The van der Waals surface area contributed by atoms with Gasteiger partial charge in [0.25, 0.3) is 0 Å². The Kier molecular flexibility index (Phi) is 3.11. The maximum atomic E-state index is 13.1. The SMILES string of the molecule is C#CCn1ccn(-c2cccc(F)c2)c(=O)c1=O. The predicted octanol–water partition coefficient (Wildman–Crippen LogP) is 0.771. The van der Waals surface area contributed by atoms with Crippen LogP contribution in [0.4, 0.5) is 4.39 Å². The van der Waals surface area contributed by atoms with E-state index in [1.807, 2.05) is 0 Å². The van der Waals surface area contributed by atoms with Crippen molar-refractivity contribution in [2.75, 3.05) is 0 Å². The lowest BCUT2D eigenvalue weighted by molar-refractivity contribution is 0.625. The highest BCUT2D eigenvalue weighted by atomic mass is 19.1. The molecule has 1 heterocycles. The van der Waals surface area contributed by atoms with Crippen molar-refractivity contribution in [1.82, 2.24) is 9.13 Å². The first-order valence-electron chi connectivity index (χ1n) is 5.15. The van der Waals surface area contributed by atoms with Crippen LogP contribution < -0.4 is 11.1 Å². The van der Waals surface area contributed by atoms with Crippen molar-refractivity contribution in [2.45, 2.75) is 6.54 Å². The van der Waals surface area contributed by atoms with Gasteiger partial charge in [-0.2, -0.15) is 0 Å². The summed E-state index contributed by atoms with van der Waals surface area (Å²) < 4.78 is 15.3. The minimum atomic E-state index is -0.765. The van der Waals surface area contributed by atoms with Gasteiger partial charge in [-0.3, -0.25) is 18.7 Å². The van der Waals surface area contributed by atoms with Crippen LogP contribution in [0, 0.1) is 18.2 Å². The van der Waals surface area contributed by atoms with E-state index in [1.54, 1.807) is 0 Å². The molecular weight excluding hydrogens is 235 g/mol. The summed E-state index contributed by atoms with van der Waals surface area (Å²) in [4.78, 5) is 23.5. The van der Waals surface area contributed by atoms with Crippen LogP contribution in [0.5, 0.6) is 0 Å². The van der Waals surface area contributed by atoms with Gasteiger partial charge in [0.1, 0.15) is 5.82 Å². The summed E-state index contributed by atoms with van der Waals surface area (Å²) in [5.74, 6) is 1.80. The number of terminal acetylenes is 1. The zero-order valence-electron chi connectivity index (χ0n) is 9.34. The fourth-order valence-corrected chi connectivity index (χ4v) is 1.56. The molecule has 5 heteroatoms. The lowest BCUT2D eigenvalue weighted by Gasteiger charge is -2.06. The molecule has 1 aromatic carbocycles. The first-order chi connectivity index (χ1) is 8.63. The number of hydrogen-bond donors (Lipinski definition) is 0.